The molecule has 0 saturated heterocycles. The van der Waals surface area contributed by atoms with Crippen LogP contribution in [0.5, 0.6) is 23.0 Å². The van der Waals surface area contributed by atoms with Gasteiger partial charge in [-0.05, 0) is 18.6 Å². The first kappa shape index (κ1) is 17.0. The molecule has 23 heavy (non-hydrogen) atoms. The van der Waals surface area contributed by atoms with Crippen LogP contribution < -0.4 is 14.2 Å². The maximum absolute atomic E-state index is 10.5. The normalized spacial score (nSPS) is 10.6. The highest BCUT2D eigenvalue weighted by Crippen LogP contribution is 2.46. The van der Waals surface area contributed by atoms with Gasteiger partial charge in [0.25, 0.3) is 0 Å². The van der Waals surface area contributed by atoms with Gasteiger partial charge in [0.2, 0.25) is 11.5 Å². The molecule has 0 atom stereocenters. The molecule has 2 aromatic rings. The Balaban J connectivity index is 2.38. The third-order valence-electron chi connectivity index (χ3n) is 3.78. The van der Waals surface area contributed by atoms with Gasteiger partial charge in [0, 0.05) is 30.4 Å². The van der Waals surface area contributed by atoms with Crippen LogP contribution in [-0.2, 0) is 13.0 Å². The summed E-state index contributed by atoms with van der Waals surface area (Å²) >= 11 is 0. The van der Waals surface area contributed by atoms with Crippen LogP contribution in [-0.4, -0.2) is 36.2 Å². The highest BCUT2D eigenvalue weighted by Gasteiger charge is 2.21. The fraction of sp³-hybridized carbons (Fsp3) is 0.471. The summed E-state index contributed by atoms with van der Waals surface area (Å²) in [5.74, 6) is 1.25. The lowest BCUT2D eigenvalue weighted by Crippen LogP contribution is -2.06. The van der Waals surface area contributed by atoms with Crippen molar-refractivity contribution in [3.8, 4) is 23.0 Å². The molecule has 0 saturated carbocycles. The van der Waals surface area contributed by atoms with Gasteiger partial charge in [0.15, 0.2) is 11.5 Å². The molecule has 1 N–H and O–H groups in total. The zero-order chi connectivity index (χ0) is 16.8. The molecule has 0 bridgehead atoms. The van der Waals surface area contributed by atoms with Gasteiger partial charge in [-0.2, -0.15) is 5.10 Å². The Hall–Kier alpha value is -2.37. The Morgan fingerprint density at radius 2 is 1.87 bits per heavy atom. The number of unbranched alkanes of at least 4 members (excludes halogenated alkanes) is 1. The van der Waals surface area contributed by atoms with Crippen molar-refractivity contribution in [2.75, 3.05) is 21.3 Å². The van der Waals surface area contributed by atoms with Crippen LogP contribution in [0.25, 0.3) is 0 Å². The standard InChI is InChI=1S/C17H24N2O4/c1-5-6-9-19-13(7-8-18-19)10-12-11-14(21-2)16(22-3)17(23-4)15(12)20/h7-8,11,20H,5-6,9-10H2,1-4H3. The zero-order valence-corrected chi connectivity index (χ0v) is 14.1. The number of ether oxygens (including phenoxy) is 3. The predicted octanol–water partition coefficient (Wildman–Crippen LogP) is 3.01. The van der Waals surface area contributed by atoms with E-state index in [1.54, 1.807) is 19.4 Å². The molecule has 6 nitrogen and oxygen atoms in total. The maximum atomic E-state index is 10.5. The quantitative estimate of drug-likeness (QED) is 0.810. The molecule has 1 heterocycles. The lowest BCUT2D eigenvalue weighted by atomic mass is 10.1. The van der Waals surface area contributed by atoms with Gasteiger partial charge < -0.3 is 19.3 Å². The molecule has 2 rings (SSSR count). The van der Waals surface area contributed by atoms with Crippen LogP contribution in [0.1, 0.15) is 31.0 Å². The minimum absolute atomic E-state index is 0.0633. The van der Waals surface area contributed by atoms with E-state index >= 15 is 0 Å². The second kappa shape index (κ2) is 7.76. The number of aromatic nitrogens is 2. The van der Waals surface area contributed by atoms with Crippen LogP contribution >= 0.6 is 0 Å². The largest absolute Gasteiger partial charge is 0.504 e. The first-order valence-electron chi connectivity index (χ1n) is 7.67. The van der Waals surface area contributed by atoms with E-state index in [0.717, 1.165) is 25.1 Å². The molecule has 0 fully saturated rings. The average molecular weight is 320 g/mol. The molecule has 0 aliphatic heterocycles. The topological polar surface area (TPSA) is 65.7 Å². The van der Waals surface area contributed by atoms with E-state index in [4.69, 9.17) is 14.2 Å². The third-order valence-corrected chi connectivity index (χ3v) is 3.78. The molecule has 0 aliphatic carbocycles. The van der Waals surface area contributed by atoms with Gasteiger partial charge in [-0.3, -0.25) is 4.68 Å². The SMILES string of the molecule is CCCCn1nccc1Cc1cc(OC)c(OC)c(OC)c1O. The summed E-state index contributed by atoms with van der Waals surface area (Å²) in [5, 5.41) is 14.8. The summed E-state index contributed by atoms with van der Waals surface area (Å²) in [4.78, 5) is 0. The first-order valence-corrected chi connectivity index (χ1v) is 7.67. The van der Waals surface area contributed by atoms with Crippen molar-refractivity contribution in [1.29, 1.82) is 0 Å². The number of hydrogen-bond donors (Lipinski definition) is 1. The van der Waals surface area contributed by atoms with E-state index in [1.807, 2.05) is 10.7 Å². The van der Waals surface area contributed by atoms with Gasteiger partial charge in [-0.25, -0.2) is 0 Å². The molecule has 1 aromatic carbocycles. The number of phenols is 1. The Morgan fingerprint density at radius 1 is 1.13 bits per heavy atom. The van der Waals surface area contributed by atoms with Crippen molar-refractivity contribution < 1.29 is 19.3 Å². The van der Waals surface area contributed by atoms with Crippen molar-refractivity contribution in [1.82, 2.24) is 9.78 Å². The lowest BCUT2D eigenvalue weighted by Gasteiger charge is -2.16. The van der Waals surface area contributed by atoms with Crippen LogP contribution in [0, 0.1) is 0 Å². The van der Waals surface area contributed by atoms with Gasteiger partial charge in [-0.1, -0.05) is 13.3 Å². The van der Waals surface area contributed by atoms with Crippen molar-refractivity contribution in [3.05, 3.63) is 29.6 Å². The van der Waals surface area contributed by atoms with Crippen LogP contribution in [0.2, 0.25) is 0 Å². The Labute approximate surface area is 136 Å². The summed E-state index contributed by atoms with van der Waals surface area (Å²) in [7, 11) is 4.56. The first-order chi connectivity index (χ1) is 11.2. The molecule has 0 radical (unpaired) electrons. The monoisotopic (exact) mass is 320 g/mol. The number of nitrogens with zero attached hydrogens (tertiary/aromatic N) is 2. The second-order valence-electron chi connectivity index (χ2n) is 5.23. The number of aromatic hydroxyl groups is 1. The summed E-state index contributed by atoms with van der Waals surface area (Å²) in [5.41, 5.74) is 1.74. The maximum Gasteiger partial charge on any atom is 0.207 e. The van der Waals surface area contributed by atoms with Crippen LogP contribution in [0.15, 0.2) is 18.3 Å². The van der Waals surface area contributed by atoms with E-state index in [0.29, 0.717) is 23.5 Å². The fourth-order valence-corrected chi connectivity index (χ4v) is 2.54. The van der Waals surface area contributed by atoms with Gasteiger partial charge >= 0.3 is 0 Å². The molecule has 6 heteroatoms. The summed E-state index contributed by atoms with van der Waals surface area (Å²) in [6.45, 7) is 3.01. The molecular weight excluding hydrogens is 296 g/mol. The summed E-state index contributed by atoms with van der Waals surface area (Å²) in [6.07, 6.45) is 4.48. The van der Waals surface area contributed by atoms with E-state index in [2.05, 4.69) is 12.0 Å². The number of methoxy groups -OCH3 is 3. The molecule has 0 amide bonds. The fourth-order valence-electron chi connectivity index (χ4n) is 2.54. The van der Waals surface area contributed by atoms with Gasteiger partial charge in [-0.15, -0.1) is 0 Å². The third kappa shape index (κ3) is 3.52. The van der Waals surface area contributed by atoms with Gasteiger partial charge in [0.1, 0.15) is 0 Å². The lowest BCUT2D eigenvalue weighted by molar-refractivity contribution is 0.309. The smallest absolute Gasteiger partial charge is 0.207 e. The summed E-state index contributed by atoms with van der Waals surface area (Å²) < 4.78 is 17.9. The number of phenolic OH excluding ortho intramolecular Hbond substituents is 1. The Bertz CT molecular complexity index is 652. The minimum Gasteiger partial charge on any atom is -0.504 e. The second-order valence-corrected chi connectivity index (χ2v) is 5.23. The molecule has 0 spiro atoms. The van der Waals surface area contributed by atoms with Crippen molar-refractivity contribution in [2.24, 2.45) is 0 Å². The van der Waals surface area contributed by atoms with E-state index in [1.165, 1.54) is 14.2 Å². The molecule has 0 unspecified atom stereocenters. The predicted molar refractivity (Wildman–Crippen MR) is 87.7 cm³/mol. The van der Waals surface area contributed by atoms with Crippen molar-refractivity contribution >= 4 is 0 Å². The van der Waals surface area contributed by atoms with E-state index < -0.39 is 0 Å². The van der Waals surface area contributed by atoms with Gasteiger partial charge in [0.05, 0.1) is 21.3 Å². The summed E-state index contributed by atoms with van der Waals surface area (Å²) in [6, 6.07) is 3.73. The van der Waals surface area contributed by atoms with Crippen LogP contribution in [0.3, 0.4) is 0 Å². The highest BCUT2D eigenvalue weighted by molar-refractivity contribution is 5.62. The minimum atomic E-state index is 0.0633. The number of aryl methyl sites for hydroxylation is 1. The molecular formula is C17H24N2O4. The number of hydrogen-bond acceptors (Lipinski definition) is 5. The highest BCUT2D eigenvalue weighted by atomic mass is 16.5. The zero-order valence-electron chi connectivity index (χ0n) is 14.1. The van der Waals surface area contributed by atoms with Crippen LogP contribution in [0.4, 0.5) is 0 Å². The Kier molecular flexibility index (Phi) is 5.73. The van der Waals surface area contributed by atoms with E-state index in [9.17, 15) is 5.11 Å². The van der Waals surface area contributed by atoms with E-state index in [-0.39, 0.29) is 11.5 Å². The van der Waals surface area contributed by atoms with Crippen molar-refractivity contribution in [2.45, 2.75) is 32.7 Å². The number of rotatable bonds is 8. The molecule has 126 valence electrons. The number of benzene rings is 1. The molecule has 0 aliphatic rings. The average Bonchev–Trinajstić information content (AvgIpc) is 3.01. The van der Waals surface area contributed by atoms with Crippen molar-refractivity contribution in [3.63, 3.8) is 0 Å². The Morgan fingerprint density at radius 3 is 2.48 bits per heavy atom. The molecule has 1 aromatic heterocycles.